The number of hydrogen-bond acceptors (Lipinski definition) is 6. The molecule has 5 nitrogen and oxygen atoms in total. The standard InChI is InChI=1S/C15H29N5S/c1-5-20(6-2)15-17-11-14(21-15)10-16-9-13-12-18(3)7-8-19(13)4/h11,13,16H,5-10,12H2,1-4H3. The number of thiazole rings is 1. The van der Waals surface area contributed by atoms with Crippen LogP contribution in [-0.2, 0) is 6.54 Å². The van der Waals surface area contributed by atoms with Crippen LogP contribution in [0.3, 0.4) is 0 Å². The van der Waals surface area contributed by atoms with E-state index in [-0.39, 0.29) is 0 Å². The summed E-state index contributed by atoms with van der Waals surface area (Å²) in [6.45, 7) is 11.9. The molecule has 1 fully saturated rings. The Hall–Kier alpha value is -0.690. The third-order valence-electron chi connectivity index (χ3n) is 4.23. The second kappa shape index (κ2) is 8.08. The van der Waals surface area contributed by atoms with Gasteiger partial charge in [0.15, 0.2) is 5.13 Å². The molecule has 0 radical (unpaired) electrons. The van der Waals surface area contributed by atoms with E-state index in [1.54, 1.807) is 11.3 Å². The molecule has 2 heterocycles. The van der Waals surface area contributed by atoms with Crippen LogP contribution >= 0.6 is 11.3 Å². The van der Waals surface area contributed by atoms with Crippen LogP contribution in [0.1, 0.15) is 18.7 Å². The predicted molar refractivity (Wildman–Crippen MR) is 91.3 cm³/mol. The van der Waals surface area contributed by atoms with Crippen LogP contribution in [0.15, 0.2) is 6.20 Å². The van der Waals surface area contributed by atoms with Gasteiger partial charge in [-0.15, -0.1) is 11.3 Å². The Labute approximate surface area is 132 Å². The highest BCUT2D eigenvalue weighted by molar-refractivity contribution is 7.15. The van der Waals surface area contributed by atoms with Crippen molar-refractivity contribution in [1.82, 2.24) is 20.1 Å². The molecule has 0 aliphatic carbocycles. The van der Waals surface area contributed by atoms with Gasteiger partial charge in [-0.25, -0.2) is 4.98 Å². The fourth-order valence-corrected chi connectivity index (χ4v) is 3.71. The maximum absolute atomic E-state index is 4.54. The second-order valence-electron chi connectivity index (χ2n) is 5.81. The van der Waals surface area contributed by atoms with Crippen LogP contribution in [0.5, 0.6) is 0 Å². The summed E-state index contributed by atoms with van der Waals surface area (Å²) < 4.78 is 0. The van der Waals surface area contributed by atoms with E-state index < -0.39 is 0 Å². The molecule has 0 aromatic carbocycles. The van der Waals surface area contributed by atoms with Gasteiger partial charge in [-0.05, 0) is 27.9 Å². The Balaban J connectivity index is 1.78. The molecule has 0 spiro atoms. The lowest BCUT2D eigenvalue weighted by atomic mass is 10.2. The number of anilines is 1. The van der Waals surface area contributed by atoms with Crippen molar-refractivity contribution in [3.05, 3.63) is 11.1 Å². The molecule has 6 heteroatoms. The van der Waals surface area contributed by atoms with E-state index in [1.165, 1.54) is 11.4 Å². The summed E-state index contributed by atoms with van der Waals surface area (Å²) >= 11 is 1.81. The molecular formula is C15H29N5S. The Morgan fingerprint density at radius 2 is 2.10 bits per heavy atom. The van der Waals surface area contributed by atoms with Crippen LogP contribution in [0, 0.1) is 0 Å². The van der Waals surface area contributed by atoms with Gasteiger partial charge in [-0.1, -0.05) is 0 Å². The van der Waals surface area contributed by atoms with Gasteiger partial charge in [0.05, 0.1) is 0 Å². The van der Waals surface area contributed by atoms with Crippen LogP contribution < -0.4 is 10.2 Å². The van der Waals surface area contributed by atoms with Gasteiger partial charge >= 0.3 is 0 Å². The summed E-state index contributed by atoms with van der Waals surface area (Å²) in [5.74, 6) is 0. The van der Waals surface area contributed by atoms with E-state index in [0.717, 1.165) is 44.4 Å². The first-order chi connectivity index (χ1) is 10.1. The molecule has 1 aliphatic rings. The lowest BCUT2D eigenvalue weighted by Gasteiger charge is -2.37. The molecule has 2 rings (SSSR count). The van der Waals surface area contributed by atoms with Gasteiger partial charge < -0.3 is 15.1 Å². The number of rotatable bonds is 7. The summed E-state index contributed by atoms with van der Waals surface area (Å²) in [7, 11) is 4.43. The average molecular weight is 311 g/mol. The lowest BCUT2D eigenvalue weighted by molar-refractivity contribution is 0.113. The summed E-state index contributed by atoms with van der Waals surface area (Å²) in [6, 6.07) is 0.610. The van der Waals surface area contributed by atoms with Crippen molar-refractivity contribution in [3.63, 3.8) is 0 Å². The van der Waals surface area contributed by atoms with Gasteiger partial charge in [0.2, 0.25) is 0 Å². The summed E-state index contributed by atoms with van der Waals surface area (Å²) in [5, 5.41) is 4.74. The van der Waals surface area contributed by atoms with E-state index in [0.29, 0.717) is 6.04 Å². The smallest absolute Gasteiger partial charge is 0.185 e. The average Bonchev–Trinajstić information content (AvgIpc) is 2.93. The van der Waals surface area contributed by atoms with Gasteiger partial charge in [0.1, 0.15) is 0 Å². The predicted octanol–water partition coefficient (Wildman–Crippen LogP) is 1.32. The molecule has 1 unspecified atom stereocenters. The summed E-state index contributed by atoms with van der Waals surface area (Å²) in [6.07, 6.45) is 2.02. The first-order valence-electron chi connectivity index (χ1n) is 7.93. The van der Waals surface area contributed by atoms with E-state index in [4.69, 9.17) is 0 Å². The molecule has 0 bridgehead atoms. The molecule has 1 aliphatic heterocycles. The van der Waals surface area contributed by atoms with Gasteiger partial charge in [0, 0.05) is 62.9 Å². The zero-order valence-corrected chi connectivity index (χ0v) is 14.6. The normalized spacial score (nSPS) is 20.9. The van der Waals surface area contributed by atoms with Crippen molar-refractivity contribution in [2.75, 3.05) is 58.3 Å². The second-order valence-corrected chi connectivity index (χ2v) is 6.90. The lowest BCUT2D eigenvalue weighted by Crippen LogP contribution is -2.53. The fraction of sp³-hybridized carbons (Fsp3) is 0.800. The van der Waals surface area contributed by atoms with Crippen LogP contribution in [0.2, 0.25) is 0 Å². The maximum atomic E-state index is 4.54. The highest BCUT2D eigenvalue weighted by atomic mass is 32.1. The maximum Gasteiger partial charge on any atom is 0.185 e. The minimum atomic E-state index is 0.610. The first kappa shape index (κ1) is 16.7. The largest absolute Gasteiger partial charge is 0.349 e. The van der Waals surface area contributed by atoms with E-state index in [1.807, 2.05) is 6.20 Å². The van der Waals surface area contributed by atoms with Crippen LogP contribution in [-0.4, -0.2) is 74.2 Å². The van der Waals surface area contributed by atoms with E-state index >= 15 is 0 Å². The molecule has 21 heavy (non-hydrogen) atoms. The zero-order chi connectivity index (χ0) is 15.2. The zero-order valence-electron chi connectivity index (χ0n) is 13.8. The topological polar surface area (TPSA) is 34.6 Å². The van der Waals surface area contributed by atoms with Crippen molar-refractivity contribution in [2.45, 2.75) is 26.4 Å². The molecule has 0 amide bonds. The molecule has 0 saturated carbocycles. The molecule has 120 valence electrons. The van der Waals surface area contributed by atoms with Crippen molar-refractivity contribution in [1.29, 1.82) is 0 Å². The summed E-state index contributed by atoms with van der Waals surface area (Å²) in [5.41, 5.74) is 0. The highest BCUT2D eigenvalue weighted by Crippen LogP contribution is 2.22. The minimum Gasteiger partial charge on any atom is -0.349 e. The number of aromatic nitrogens is 1. The third kappa shape index (κ3) is 4.64. The molecular weight excluding hydrogens is 282 g/mol. The van der Waals surface area contributed by atoms with Crippen LogP contribution in [0.4, 0.5) is 5.13 Å². The monoisotopic (exact) mass is 311 g/mol. The number of likely N-dealkylation sites (N-methyl/N-ethyl adjacent to an activating group) is 2. The number of nitrogens with zero attached hydrogens (tertiary/aromatic N) is 4. The van der Waals surface area contributed by atoms with Crippen molar-refractivity contribution in [2.24, 2.45) is 0 Å². The Kier molecular flexibility index (Phi) is 6.41. The van der Waals surface area contributed by atoms with E-state index in [9.17, 15) is 0 Å². The number of piperazine rings is 1. The molecule has 1 aromatic rings. The molecule has 1 aromatic heterocycles. The fourth-order valence-electron chi connectivity index (χ4n) is 2.70. The first-order valence-corrected chi connectivity index (χ1v) is 8.74. The Bertz CT molecular complexity index is 418. The van der Waals surface area contributed by atoms with Gasteiger partial charge in [-0.3, -0.25) is 4.90 Å². The Morgan fingerprint density at radius 3 is 2.81 bits per heavy atom. The highest BCUT2D eigenvalue weighted by Gasteiger charge is 2.21. The van der Waals surface area contributed by atoms with Gasteiger partial charge in [-0.2, -0.15) is 0 Å². The number of nitrogens with one attached hydrogen (secondary N) is 1. The quantitative estimate of drug-likeness (QED) is 0.822. The summed E-state index contributed by atoms with van der Waals surface area (Å²) in [4.78, 5) is 13.0. The van der Waals surface area contributed by atoms with Crippen molar-refractivity contribution in [3.8, 4) is 0 Å². The number of hydrogen-bond donors (Lipinski definition) is 1. The molecule has 1 atom stereocenters. The minimum absolute atomic E-state index is 0.610. The Morgan fingerprint density at radius 1 is 1.33 bits per heavy atom. The van der Waals surface area contributed by atoms with Crippen molar-refractivity contribution >= 4 is 16.5 Å². The van der Waals surface area contributed by atoms with Crippen molar-refractivity contribution < 1.29 is 0 Å². The molecule has 1 saturated heterocycles. The van der Waals surface area contributed by atoms with Gasteiger partial charge in [0.25, 0.3) is 0 Å². The third-order valence-corrected chi connectivity index (χ3v) is 5.29. The van der Waals surface area contributed by atoms with E-state index in [2.05, 4.69) is 52.9 Å². The van der Waals surface area contributed by atoms with Crippen LogP contribution in [0.25, 0.3) is 0 Å². The SMILES string of the molecule is CCN(CC)c1ncc(CNCC2CN(C)CCN2C)s1. The molecule has 1 N–H and O–H groups in total.